The van der Waals surface area contributed by atoms with Crippen LogP contribution in [0.1, 0.15) is 13.8 Å². The predicted octanol–water partition coefficient (Wildman–Crippen LogP) is 2.68. The molecule has 0 radical (unpaired) electrons. The molecule has 1 unspecified atom stereocenters. The minimum Gasteiger partial charge on any atom is -0.485 e. The van der Waals surface area contributed by atoms with Crippen LogP contribution in [0.5, 0.6) is 5.75 Å². The summed E-state index contributed by atoms with van der Waals surface area (Å²) in [4.78, 5) is 0. The van der Waals surface area contributed by atoms with Crippen molar-refractivity contribution < 1.29 is 9.30 Å². The van der Waals surface area contributed by atoms with Crippen molar-refractivity contribution in [1.29, 1.82) is 0 Å². The van der Waals surface area contributed by atoms with Crippen LogP contribution in [0, 0.1) is 5.92 Å². The lowest BCUT2D eigenvalue weighted by Gasteiger charge is -2.12. The van der Waals surface area contributed by atoms with Crippen molar-refractivity contribution in [2.24, 2.45) is 5.92 Å². The molecule has 0 spiro atoms. The number of hydrogen-bond donors (Lipinski definition) is 0. The number of hydrogen-bond acceptors (Lipinski definition) is 2. The molecule has 76 valence electrons. The molecule has 1 atom stereocenters. The van der Waals surface area contributed by atoms with Crippen LogP contribution in [0.25, 0.3) is 0 Å². The van der Waals surface area contributed by atoms with Crippen LogP contribution in [0.4, 0.5) is 0 Å². The van der Waals surface area contributed by atoms with E-state index in [0.29, 0.717) is 12.3 Å². The molecule has 0 saturated heterocycles. The van der Waals surface area contributed by atoms with E-state index < -0.39 is 7.14 Å². The van der Waals surface area contributed by atoms with Gasteiger partial charge in [0.1, 0.15) is 12.1 Å². The third-order valence-corrected chi connectivity index (χ3v) is 5.51. The second-order valence-electron chi connectivity index (χ2n) is 4.21. The molecule has 0 aliphatic carbocycles. The first-order valence-electron chi connectivity index (χ1n) is 4.92. The molecule has 1 aromatic carbocycles. The Kier molecular flexibility index (Phi) is 2.40. The third-order valence-electron chi connectivity index (χ3n) is 2.39. The molecular formula is C11H15O2P. The smallest absolute Gasteiger partial charge is 0.155 e. The van der Waals surface area contributed by atoms with E-state index >= 15 is 0 Å². The fourth-order valence-corrected chi connectivity index (χ4v) is 4.77. The van der Waals surface area contributed by atoms with Crippen molar-refractivity contribution in [3.8, 4) is 5.75 Å². The van der Waals surface area contributed by atoms with Crippen molar-refractivity contribution in [2.45, 2.75) is 13.8 Å². The van der Waals surface area contributed by atoms with Gasteiger partial charge in [0, 0.05) is 6.16 Å². The molecule has 2 rings (SSSR count). The Bertz CT molecular complexity index is 385. The van der Waals surface area contributed by atoms with Gasteiger partial charge in [0.25, 0.3) is 0 Å². The molecule has 3 heteroatoms. The van der Waals surface area contributed by atoms with E-state index in [9.17, 15) is 4.57 Å². The highest BCUT2D eigenvalue weighted by molar-refractivity contribution is 7.72. The summed E-state index contributed by atoms with van der Waals surface area (Å²) in [7, 11) is -2.24. The Labute approximate surface area is 84.7 Å². The van der Waals surface area contributed by atoms with Gasteiger partial charge in [-0.05, 0) is 18.1 Å². The molecule has 0 aromatic heterocycles. The first-order chi connectivity index (χ1) is 6.62. The fourth-order valence-electron chi connectivity index (χ4n) is 1.90. The molecule has 1 aliphatic rings. The number of fused-ring (bicyclic) bond motifs is 1. The van der Waals surface area contributed by atoms with Crippen molar-refractivity contribution >= 4 is 12.4 Å². The highest BCUT2D eigenvalue weighted by atomic mass is 31.2. The van der Waals surface area contributed by atoms with Crippen molar-refractivity contribution in [3.63, 3.8) is 0 Å². The van der Waals surface area contributed by atoms with Gasteiger partial charge in [-0.25, -0.2) is 0 Å². The average Bonchev–Trinajstić information content (AvgIpc) is 2.44. The van der Waals surface area contributed by atoms with Gasteiger partial charge in [-0.1, -0.05) is 26.0 Å². The average molecular weight is 210 g/mol. The summed E-state index contributed by atoms with van der Waals surface area (Å²) >= 11 is 0. The van der Waals surface area contributed by atoms with Crippen molar-refractivity contribution in [2.75, 3.05) is 12.5 Å². The lowest BCUT2D eigenvalue weighted by molar-refractivity contribution is 0.392. The Hall–Kier alpha value is -0.750. The van der Waals surface area contributed by atoms with Crippen LogP contribution < -0.4 is 10.0 Å². The predicted molar refractivity (Wildman–Crippen MR) is 58.9 cm³/mol. The molecule has 1 heterocycles. The summed E-state index contributed by atoms with van der Waals surface area (Å²) in [5, 5.41) is 0.939. The maximum absolute atomic E-state index is 12.5. The second-order valence-corrected chi connectivity index (χ2v) is 7.09. The molecule has 0 N–H and O–H groups in total. The lowest BCUT2D eigenvalue weighted by Crippen LogP contribution is -2.08. The van der Waals surface area contributed by atoms with Crippen molar-refractivity contribution in [3.05, 3.63) is 24.3 Å². The zero-order chi connectivity index (χ0) is 10.2. The molecule has 0 amide bonds. The van der Waals surface area contributed by atoms with E-state index in [2.05, 4.69) is 13.8 Å². The Morgan fingerprint density at radius 2 is 2.14 bits per heavy atom. The molecule has 14 heavy (non-hydrogen) atoms. The summed E-state index contributed by atoms with van der Waals surface area (Å²) in [6, 6.07) is 7.69. The molecule has 0 fully saturated rings. The van der Waals surface area contributed by atoms with E-state index in [0.717, 1.165) is 17.2 Å². The molecule has 0 saturated carbocycles. The summed E-state index contributed by atoms with van der Waals surface area (Å²) in [6.45, 7) is 4.20. The van der Waals surface area contributed by atoms with E-state index in [1.54, 1.807) is 0 Å². The Balaban J connectivity index is 2.38. The lowest BCUT2D eigenvalue weighted by atomic mass is 10.3. The topological polar surface area (TPSA) is 26.3 Å². The van der Waals surface area contributed by atoms with Crippen LogP contribution in [-0.2, 0) is 4.57 Å². The maximum Gasteiger partial charge on any atom is 0.155 e. The Morgan fingerprint density at radius 1 is 1.43 bits per heavy atom. The third kappa shape index (κ3) is 1.59. The normalized spacial score (nSPS) is 24.8. The SMILES string of the molecule is CC(C)CP1(=O)COc2ccccc21. The van der Waals surface area contributed by atoms with Gasteiger partial charge >= 0.3 is 0 Å². The number of rotatable bonds is 2. The van der Waals surface area contributed by atoms with Crippen LogP contribution >= 0.6 is 7.14 Å². The fraction of sp³-hybridized carbons (Fsp3) is 0.455. The highest BCUT2D eigenvalue weighted by Gasteiger charge is 2.35. The minimum atomic E-state index is -2.24. The quantitative estimate of drug-likeness (QED) is 0.701. The Morgan fingerprint density at radius 3 is 2.86 bits per heavy atom. The van der Waals surface area contributed by atoms with Gasteiger partial charge in [0.2, 0.25) is 0 Å². The first-order valence-corrected chi connectivity index (χ1v) is 7.00. The summed E-state index contributed by atoms with van der Waals surface area (Å²) in [5.74, 6) is 1.27. The molecular weight excluding hydrogens is 195 g/mol. The van der Waals surface area contributed by atoms with Gasteiger partial charge in [-0.3, -0.25) is 0 Å². The first kappa shape index (κ1) is 9.79. The zero-order valence-electron chi connectivity index (χ0n) is 8.56. The van der Waals surface area contributed by atoms with Crippen LogP contribution in [0.2, 0.25) is 0 Å². The largest absolute Gasteiger partial charge is 0.485 e. The molecule has 1 aromatic rings. The monoisotopic (exact) mass is 210 g/mol. The summed E-state index contributed by atoms with van der Waals surface area (Å²) in [6.07, 6.45) is 1.15. The number of para-hydroxylation sites is 1. The zero-order valence-corrected chi connectivity index (χ0v) is 9.46. The summed E-state index contributed by atoms with van der Waals surface area (Å²) < 4.78 is 18.0. The maximum atomic E-state index is 12.5. The standard InChI is InChI=1S/C11H15O2P/c1-9(2)7-14(12)8-13-10-5-3-4-6-11(10)14/h3-6,9H,7-8H2,1-2H3. The molecule has 1 aliphatic heterocycles. The number of ether oxygens (including phenoxy) is 1. The molecule has 0 bridgehead atoms. The van der Waals surface area contributed by atoms with E-state index in [4.69, 9.17) is 4.74 Å². The second kappa shape index (κ2) is 3.43. The minimum absolute atomic E-state index is 0.393. The van der Waals surface area contributed by atoms with Crippen molar-refractivity contribution in [1.82, 2.24) is 0 Å². The van der Waals surface area contributed by atoms with Gasteiger partial charge in [-0.15, -0.1) is 0 Å². The van der Waals surface area contributed by atoms with Crippen LogP contribution in [0.15, 0.2) is 24.3 Å². The van der Waals surface area contributed by atoms with Gasteiger partial charge in [0.05, 0.1) is 5.30 Å². The van der Waals surface area contributed by atoms with E-state index in [1.807, 2.05) is 24.3 Å². The van der Waals surface area contributed by atoms with E-state index in [1.165, 1.54) is 0 Å². The van der Waals surface area contributed by atoms with Crippen LogP contribution in [-0.4, -0.2) is 12.5 Å². The highest BCUT2D eigenvalue weighted by Crippen LogP contribution is 2.52. The van der Waals surface area contributed by atoms with Crippen LogP contribution in [0.3, 0.4) is 0 Å². The van der Waals surface area contributed by atoms with Gasteiger partial charge in [0.15, 0.2) is 7.14 Å². The van der Waals surface area contributed by atoms with E-state index in [-0.39, 0.29) is 0 Å². The van der Waals surface area contributed by atoms with Gasteiger partial charge < -0.3 is 9.30 Å². The van der Waals surface area contributed by atoms with Gasteiger partial charge in [-0.2, -0.15) is 0 Å². The number of benzene rings is 1. The summed E-state index contributed by atoms with van der Waals surface area (Å²) in [5.41, 5.74) is 0. The molecule has 2 nitrogen and oxygen atoms in total.